The van der Waals surface area contributed by atoms with E-state index in [1.54, 1.807) is 35.2 Å². The molecule has 0 saturated heterocycles. The second kappa shape index (κ2) is 24.8. The number of carbonyl (C=O) groups is 2. The van der Waals surface area contributed by atoms with Crippen LogP contribution in [0.4, 0.5) is 4.79 Å². The Kier molecular flexibility index (Phi) is 18.8. The molecule has 6 rings (SSSR count). The summed E-state index contributed by atoms with van der Waals surface area (Å²) in [6.45, 7) is 4.68. The minimum atomic E-state index is -1.53. The maximum Gasteiger partial charge on any atom is 0.410 e. The Balaban J connectivity index is 1.47. The van der Waals surface area contributed by atoms with Gasteiger partial charge in [0, 0.05) is 37.7 Å². The Hall–Kier alpha value is -5.29. The number of aliphatic hydroxyl groups excluding tert-OH is 3. The van der Waals surface area contributed by atoms with Crippen LogP contribution in [0.25, 0.3) is 0 Å². The number of unbranched alkanes of at least 4 members (excludes halogenated alkanes) is 2. The van der Waals surface area contributed by atoms with Gasteiger partial charge in [0.15, 0.2) is 6.29 Å². The molecule has 3 N–H and O–H groups in total. The molecule has 2 aliphatic carbocycles. The van der Waals surface area contributed by atoms with E-state index in [2.05, 4.69) is 17.8 Å². The van der Waals surface area contributed by atoms with Crippen molar-refractivity contribution in [3.63, 3.8) is 0 Å². The Morgan fingerprint density at radius 2 is 1.68 bits per heavy atom. The topological polar surface area (TPSA) is 184 Å². The van der Waals surface area contributed by atoms with E-state index < -0.39 is 23.8 Å². The van der Waals surface area contributed by atoms with Crippen molar-refractivity contribution >= 4 is 18.1 Å². The number of methoxy groups -OCH3 is 1. The highest BCUT2D eigenvalue weighted by Gasteiger charge is 2.65. The summed E-state index contributed by atoms with van der Waals surface area (Å²) < 4.78 is 43.7. The van der Waals surface area contributed by atoms with E-state index in [1.807, 2.05) is 42.5 Å². The van der Waals surface area contributed by atoms with Crippen LogP contribution >= 0.6 is 0 Å². The zero-order valence-electron chi connectivity index (χ0n) is 37.5. The zero-order valence-corrected chi connectivity index (χ0v) is 37.5. The summed E-state index contributed by atoms with van der Waals surface area (Å²) in [5.41, 5.74) is 3.67. The molecule has 3 aromatic rings. The number of amides is 1. The molecular formula is C50H64N2O13. The highest BCUT2D eigenvalue weighted by Crippen LogP contribution is 2.62. The number of carbonyl (C=O) groups excluding carboxylic acids is 2. The number of nitrogens with zero attached hydrogens (tertiary/aromatic N) is 2. The molecule has 352 valence electrons. The number of hydrogen-bond donors (Lipinski definition) is 3. The van der Waals surface area contributed by atoms with Gasteiger partial charge < -0.3 is 53.3 Å². The first-order valence-electron chi connectivity index (χ1n) is 22.5. The number of ether oxygens (including phenoxy) is 7. The van der Waals surface area contributed by atoms with Crippen LogP contribution < -0.4 is 14.2 Å². The molecule has 6 atom stereocenters. The molecule has 1 saturated carbocycles. The first kappa shape index (κ1) is 49.2. The van der Waals surface area contributed by atoms with E-state index in [0.29, 0.717) is 53.7 Å². The van der Waals surface area contributed by atoms with Crippen molar-refractivity contribution in [2.75, 3.05) is 73.6 Å². The number of aldehydes is 1. The molecule has 0 radical (unpaired) electrons. The van der Waals surface area contributed by atoms with Gasteiger partial charge in [0.2, 0.25) is 5.79 Å². The molecule has 1 fully saturated rings. The molecular weight excluding hydrogens is 837 g/mol. The van der Waals surface area contributed by atoms with Gasteiger partial charge in [-0.3, -0.25) is 9.69 Å². The van der Waals surface area contributed by atoms with Crippen molar-refractivity contribution in [3.8, 4) is 23.0 Å². The van der Waals surface area contributed by atoms with Crippen molar-refractivity contribution in [1.82, 2.24) is 4.90 Å². The predicted molar refractivity (Wildman–Crippen MR) is 242 cm³/mol. The lowest BCUT2D eigenvalue weighted by atomic mass is 9.55. The van der Waals surface area contributed by atoms with Gasteiger partial charge in [-0.05, 0) is 85.1 Å². The predicted octanol–water partition coefficient (Wildman–Crippen LogP) is 7.23. The molecule has 0 bridgehead atoms. The van der Waals surface area contributed by atoms with Crippen molar-refractivity contribution in [2.45, 2.75) is 69.3 Å². The van der Waals surface area contributed by atoms with Crippen molar-refractivity contribution < 1.29 is 62.9 Å². The molecule has 65 heavy (non-hydrogen) atoms. The molecule has 1 aliphatic heterocycles. The van der Waals surface area contributed by atoms with Gasteiger partial charge in [0.1, 0.15) is 42.8 Å². The molecule has 0 aromatic heterocycles. The second-order valence-electron chi connectivity index (χ2n) is 16.3. The van der Waals surface area contributed by atoms with Crippen LogP contribution in [0.5, 0.6) is 23.0 Å². The van der Waals surface area contributed by atoms with Crippen LogP contribution in [-0.2, 0) is 30.4 Å². The van der Waals surface area contributed by atoms with Gasteiger partial charge in [-0.25, -0.2) is 4.79 Å². The fraction of sp³-hybridized carbons (Fsp3) is 0.500. The van der Waals surface area contributed by atoms with Crippen LogP contribution in [-0.4, -0.2) is 124 Å². The number of rotatable bonds is 27. The van der Waals surface area contributed by atoms with E-state index in [0.717, 1.165) is 48.7 Å². The molecule has 15 heteroatoms. The monoisotopic (exact) mass is 900 g/mol. The Labute approximate surface area is 381 Å². The third-order valence-electron chi connectivity index (χ3n) is 12.3. The summed E-state index contributed by atoms with van der Waals surface area (Å²) >= 11 is 0. The molecule has 1 heterocycles. The summed E-state index contributed by atoms with van der Waals surface area (Å²) in [5, 5.41) is 34.0. The van der Waals surface area contributed by atoms with E-state index in [4.69, 9.17) is 38.0 Å². The molecule has 3 aromatic carbocycles. The summed E-state index contributed by atoms with van der Waals surface area (Å²) in [7, 11) is 2.99. The fourth-order valence-corrected chi connectivity index (χ4v) is 9.57. The van der Waals surface area contributed by atoms with Crippen molar-refractivity contribution in [2.24, 2.45) is 22.9 Å². The smallest absolute Gasteiger partial charge is 0.410 e. The highest BCUT2D eigenvalue weighted by atomic mass is 16.7. The lowest BCUT2D eigenvalue weighted by molar-refractivity contribution is -0.256. The van der Waals surface area contributed by atoms with Crippen LogP contribution in [0, 0.1) is 17.8 Å². The number of fused-ring (bicyclic) bond motifs is 2. The summed E-state index contributed by atoms with van der Waals surface area (Å²) in [4.78, 5) is 33.6. The number of hydrogen-bond acceptors (Lipinski definition) is 14. The van der Waals surface area contributed by atoms with Crippen molar-refractivity contribution in [1.29, 1.82) is 0 Å². The average molecular weight is 901 g/mol. The third-order valence-corrected chi connectivity index (χ3v) is 12.3. The second-order valence-corrected chi connectivity index (χ2v) is 16.3. The van der Waals surface area contributed by atoms with Crippen LogP contribution in [0.1, 0.15) is 72.3 Å². The number of allylic oxidation sites excluding steroid dienone is 1. The Morgan fingerprint density at radius 3 is 2.40 bits per heavy atom. The maximum atomic E-state index is 14.6. The number of oxime groups is 1. The van der Waals surface area contributed by atoms with E-state index >= 15 is 0 Å². The van der Waals surface area contributed by atoms with Gasteiger partial charge in [0.05, 0.1) is 63.9 Å². The fourth-order valence-electron chi connectivity index (χ4n) is 9.57. The van der Waals surface area contributed by atoms with Crippen LogP contribution in [0.15, 0.2) is 96.2 Å². The third kappa shape index (κ3) is 11.9. The summed E-state index contributed by atoms with van der Waals surface area (Å²) in [6.07, 6.45) is 8.43. The van der Waals surface area contributed by atoms with E-state index in [1.165, 1.54) is 14.2 Å². The first-order chi connectivity index (χ1) is 31.9. The molecule has 3 aliphatic rings. The zero-order chi connectivity index (χ0) is 46.0. The van der Waals surface area contributed by atoms with Crippen LogP contribution in [0.3, 0.4) is 0 Å². The Morgan fingerprint density at radius 1 is 0.908 bits per heavy atom. The molecule has 0 spiro atoms. The van der Waals surface area contributed by atoms with Gasteiger partial charge in [-0.15, -0.1) is 6.58 Å². The standard InChI is InChI=1S/C50H64N2O13/c1-4-24-63-50-46(52(20-25-60-26-23-55)49(57)62-28-27-61-34-35-12-6-5-7-13-35)32-43(51-59-3)41-30-36(14-8-10-21-53)40(15-9-11-22-54)47(48(41)50)42-31-39(17-19-45(42)65-50)64-38-16-18-44(58-2)37(29-38)33-56/h4-7,12-13,16-19,29-31,33,36,40,46-48,53-55H,1,8-11,14-15,20-28,32,34H2,2-3H3. The first-order valence-corrected chi connectivity index (χ1v) is 22.5. The number of aliphatic hydroxyl groups is 3. The lowest BCUT2D eigenvalue weighted by Crippen LogP contribution is -2.70. The van der Waals surface area contributed by atoms with Gasteiger partial charge in [-0.2, -0.15) is 0 Å². The Bertz CT molecular complexity index is 2060. The summed E-state index contributed by atoms with van der Waals surface area (Å²) in [5.74, 6) is -0.526. The molecule has 1 amide bonds. The normalized spacial score (nSPS) is 22.4. The minimum absolute atomic E-state index is 0.0169. The van der Waals surface area contributed by atoms with Gasteiger partial charge in [0.25, 0.3) is 0 Å². The van der Waals surface area contributed by atoms with Gasteiger partial charge >= 0.3 is 6.09 Å². The van der Waals surface area contributed by atoms with Crippen LogP contribution in [0.2, 0.25) is 0 Å². The van der Waals surface area contributed by atoms with Gasteiger partial charge in [-0.1, -0.05) is 60.5 Å². The number of benzene rings is 3. The average Bonchev–Trinajstić information content (AvgIpc) is 3.32. The van der Waals surface area contributed by atoms with E-state index in [-0.39, 0.29) is 83.6 Å². The highest BCUT2D eigenvalue weighted by molar-refractivity contribution is 6.03. The molecule has 6 unspecified atom stereocenters. The lowest BCUT2D eigenvalue weighted by Gasteiger charge is -2.59. The van der Waals surface area contributed by atoms with E-state index in [9.17, 15) is 24.9 Å². The molecule has 15 nitrogen and oxygen atoms in total. The quantitative estimate of drug-likeness (QED) is 0.0302. The van der Waals surface area contributed by atoms with Crippen molar-refractivity contribution in [3.05, 3.63) is 108 Å². The largest absolute Gasteiger partial charge is 0.496 e. The SMILES string of the molecule is C=CCOC12Oc3ccc(Oc4ccc(OC)c(C=O)c4)cc3C3C(CCCCO)C(CCCCO)C=C(C(=NOC)CC1N(CCOCCO)C(=O)OCCOCc1ccccc1)C32. The minimum Gasteiger partial charge on any atom is -0.496 e. The summed E-state index contributed by atoms with van der Waals surface area (Å²) in [6, 6.07) is 19.5. The maximum absolute atomic E-state index is 14.6.